The maximum atomic E-state index is 11.0. The fraction of sp³-hybridized carbons (Fsp3) is 0.188. The lowest BCUT2D eigenvalue weighted by Gasteiger charge is -2.14. The maximum absolute atomic E-state index is 11.0. The molecule has 3 heteroatoms. The van der Waals surface area contributed by atoms with Crippen LogP contribution in [0, 0.1) is 5.92 Å². The predicted octanol–water partition coefficient (Wildman–Crippen LogP) is 3.21. The van der Waals surface area contributed by atoms with E-state index < -0.39 is 11.9 Å². The Morgan fingerprint density at radius 3 is 2.68 bits per heavy atom. The number of hydrogen-bond acceptors (Lipinski definition) is 2. The van der Waals surface area contributed by atoms with Gasteiger partial charge in [0.15, 0.2) is 0 Å². The van der Waals surface area contributed by atoms with E-state index >= 15 is 0 Å². The van der Waals surface area contributed by atoms with Crippen LogP contribution in [-0.2, 0) is 4.79 Å². The van der Waals surface area contributed by atoms with Crippen molar-refractivity contribution in [2.45, 2.75) is 13.0 Å². The van der Waals surface area contributed by atoms with Gasteiger partial charge < -0.3 is 9.84 Å². The molecular weight excluding hydrogens is 240 g/mol. The summed E-state index contributed by atoms with van der Waals surface area (Å²) in [6.07, 6.45) is 8.99. The van der Waals surface area contributed by atoms with E-state index in [4.69, 9.17) is 9.84 Å². The first-order chi connectivity index (χ1) is 9.16. The molecule has 1 N–H and O–H groups in total. The number of para-hydroxylation sites is 1. The van der Waals surface area contributed by atoms with Gasteiger partial charge in [-0.1, -0.05) is 36.4 Å². The van der Waals surface area contributed by atoms with Crippen molar-refractivity contribution in [2.75, 3.05) is 0 Å². The molecule has 19 heavy (non-hydrogen) atoms. The summed E-state index contributed by atoms with van der Waals surface area (Å²) in [4.78, 5) is 11.0. The third-order valence-electron chi connectivity index (χ3n) is 2.94. The van der Waals surface area contributed by atoms with Crippen molar-refractivity contribution in [2.24, 2.45) is 5.92 Å². The van der Waals surface area contributed by atoms with Crippen LogP contribution in [0.1, 0.15) is 6.92 Å². The zero-order valence-corrected chi connectivity index (χ0v) is 10.7. The molecule has 0 saturated heterocycles. The van der Waals surface area contributed by atoms with Gasteiger partial charge in [0.05, 0.1) is 5.92 Å². The van der Waals surface area contributed by atoms with E-state index in [1.807, 2.05) is 60.7 Å². The summed E-state index contributed by atoms with van der Waals surface area (Å²) in [5.74, 6) is -0.619. The molecule has 1 aromatic carbocycles. The minimum Gasteiger partial charge on any atom is -0.482 e. The van der Waals surface area contributed by atoms with Crippen molar-refractivity contribution in [1.82, 2.24) is 0 Å². The van der Waals surface area contributed by atoms with E-state index in [1.54, 1.807) is 6.92 Å². The van der Waals surface area contributed by atoms with Gasteiger partial charge in [0, 0.05) is 0 Å². The van der Waals surface area contributed by atoms with Crippen LogP contribution in [0.15, 0.2) is 66.3 Å². The molecule has 0 aromatic heterocycles. The summed E-state index contributed by atoms with van der Waals surface area (Å²) in [5, 5.41) is 9.07. The number of allylic oxidation sites excluding steroid dienone is 3. The summed E-state index contributed by atoms with van der Waals surface area (Å²) in [7, 11) is 0. The molecule has 2 rings (SSSR count). The van der Waals surface area contributed by atoms with Crippen molar-refractivity contribution in [3.05, 3.63) is 66.3 Å². The predicted molar refractivity (Wildman–Crippen MR) is 74.0 cm³/mol. The topological polar surface area (TPSA) is 46.5 Å². The molecule has 0 aliphatic heterocycles. The second kappa shape index (κ2) is 6.05. The maximum Gasteiger partial charge on any atom is 0.310 e. The molecule has 0 heterocycles. The van der Waals surface area contributed by atoms with E-state index in [9.17, 15) is 4.79 Å². The smallest absolute Gasteiger partial charge is 0.310 e. The molecule has 0 amide bonds. The molecule has 0 bridgehead atoms. The van der Waals surface area contributed by atoms with Crippen molar-refractivity contribution in [3.8, 4) is 5.75 Å². The first-order valence-corrected chi connectivity index (χ1v) is 6.18. The van der Waals surface area contributed by atoms with Crippen molar-refractivity contribution >= 4 is 5.97 Å². The Labute approximate surface area is 112 Å². The normalized spacial score (nSPS) is 19.4. The van der Waals surface area contributed by atoms with Gasteiger partial charge in [0.2, 0.25) is 0 Å². The first kappa shape index (κ1) is 13.1. The van der Waals surface area contributed by atoms with E-state index in [2.05, 4.69) is 0 Å². The number of aliphatic carboxylic acids is 1. The molecular formula is C16H16O3. The number of carboxylic acids is 1. The number of ether oxygens (including phenoxy) is 1. The molecule has 2 atom stereocenters. The van der Waals surface area contributed by atoms with Gasteiger partial charge in [-0.25, -0.2) is 0 Å². The third kappa shape index (κ3) is 3.58. The number of carbonyl (C=O) groups is 1. The molecule has 1 aliphatic carbocycles. The summed E-state index contributed by atoms with van der Waals surface area (Å²) in [6, 6.07) is 9.47. The lowest BCUT2D eigenvalue weighted by atomic mass is 10.00. The highest BCUT2D eigenvalue weighted by atomic mass is 16.5. The Bertz CT molecular complexity index is 526. The first-order valence-electron chi connectivity index (χ1n) is 6.18. The van der Waals surface area contributed by atoms with Gasteiger partial charge in [0.1, 0.15) is 11.9 Å². The molecule has 0 saturated carbocycles. The SMILES string of the molecule is CC(C(=O)O)C1=CC(Oc2ccccc2)C=CC=C1. The van der Waals surface area contributed by atoms with Crippen LogP contribution in [0.25, 0.3) is 0 Å². The second-order valence-corrected chi connectivity index (χ2v) is 4.37. The highest BCUT2D eigenvalue weighted by Crippen LogP contribution is 2.19. The van der Waals surface area contributed by atoms with Gasteiger partial charge in [-0.05, 0) is 36.8 Å². The fourth-order valence-electron chi connectivity index (χ4n) is 1.80. The molecule has 0 fully saturated rings. The molecule has 1 aromatic rings. The lowest BCUT2D eigenvalue weighted by Crippen LogP contribution is -2.15. The Morgan fingerprint density at radius 1 is 1.26 bits per heavy atom. The zero-order valence-electron chi connectivity index (χ0n) is 10.7. The molecule has 0 spiro atoms. The van der Waals surface area contributed by atoms with Gasteiger partial charge in [-0.3, -0.25) is 4.79 Å². The summed E-state index contributed by atoms with van der Waals surface area (Å²) >= 11 is 0. The summed E-state index contributed by atoms with van der Waals surface area (Å²) < 4.78 is 5.80. The standard InChI is InChI=1S/C16H16O3/c1-12(16(17)18)13-7-5-6-10-15(11-13)19-14-8-3-2-4-9-14/h2-12,15H,1H3,(H,17,18). The van der Waals surface area contributed by atoms with Crippen molar-refractivity contribution in [3.63, 3.8) is 0 Å². The Balaban J connectivity index is 2.16. The number of rotatable bonds is 4. The Kier molecular flexibility index (Phi) is 4.18. The van der Waals surface area contributed by atoms with Gasteiger partial charge in [-0.2, -0.15) is 0 Å². The summed E-state index contributed by atoms with van der Waals surface area (Å²) in [5.41, 5.74) is 0.749. The third-order valence-corrected chi connectivity index (χ3v) is 2.94. The van der Waals surface area contributed by atoms with Crippen LogP contribution in [0.3, 0.4) is 0 Å². The lowest BCUT2D eigenvalue weighted by molar-refractivity contribution is -0.139. The van der Waals surface area contributed by atoms with E-state index in [1.165, 1.54) is 0 Å². The van der Waals surface area contributed by atoms with E-state index in [-0.39, 0.29) is 6.10 Å². The quantitative estimate of drug-likeness (QED) is 0.899. The molecule has 3 nitrogen and oxygen atoms in total. The van der Waals surface area contributed by atoms with Crippen LogP contribution in [0.5, 0.6) is 5.75 Å². The monoisotopic (exact) mass is 256 g/mol. The molecule has 0 radical (unpaired) electrons. The average molecular weight is 256 g/mol. The Morgan fingerprint density at radius 2 is 2.00 bits per heavy atom. The largest absolute Gasteiger partial charge is 0.482 e. The zero-order chi connectivity index (χ0) is 13.7. The van der Waals surface area contributed by atoms with E-state index in [0.717, 1.165) is 11.3 Å². The Hall–Kier alpha value is -2.29. The van der Waals surface area contributed by atoms with Crippen LogP contribution in [0.4, 0.5) is 0 Å². The van der Waals surface area contributed by atoms with Gasteiger partial charge >= 0.3 is 5.97 Å². The van der Waals surface area contributed by atoms with Crippen molar-refractivity contribution in [1.29, 1.82) is 0 Å². The number of carboxylic acid groups (broad SMARTS) is 1. The fourth-order valence-corrected chi connectivity index (χ4v) is 1.80. The van der Waals surface area contributed by atoms with E-state index in [0.29, 0.717) is 0 Å². The van der Waals surface area contributed by atoms with Gasteiger partial charge in [0.25, 0.3) is 0 Å². The van der Waals surface area contributed by atoms with Gasteiger partial charge in [-0.15, -0.1) is 0 Å². The minimum atomic E-state index is -0.837. The number of benzene rings is 1. The van der Waals surface area contributed by atoms with Crippen LogP contribution < -0.4 is 4.74 Å². The molecule has 1 aliphatic rings. The average Bonchev–Trinajstić information content (AvgIpc) is 2.64. The second-order valence-electron chi connectivity index (χ2n) is 4.37. The van der Waals surface area contributed by atoms with Crippen LogP contribution in [0.2, 0.25) is 0 Å². The number of hydrogen-bond donors (Lipinski definition) is 1. The highest BCUT2D eigenvalue weighted by Gasteiger charge is 2.17. The van der Waals surface area contributed by atoms with Crippen molar-refractivity contribution < 1.29 is 14.6 Å². The molecule has 2 unspecified atom stereocenters. The molecule has 98 valence electrons. The van der Waals surface area contributed by atoms with Crippen LogP contribution in [-0.4, -0.2) is 17.2 Å². The minimum absolute atomic E-state index is 0.255. The summed E-state index contributed by atoms with van der Waals surface area (Å²) in [6.45, 7) is 1.67. The highest BCUT2D eigenvalue weighted by molar-refractivity contribution is 5.74. The van der Waals surface area contributed by atoms with Crippen LogP contribution >= 0.6 is 0 Å².